The normalized spacial score (nSPS) is 10.5. The molecule has 198 valence electrons. The van der Waals surface area contributed by atoms with Gasteiger partial charge in [0.15, 0.2) is 0 Å². The highest BCUT2D eigenvalue weighted by Gasteiger charge is 2.12. The first-order valence-electron chi connectivity index (χ1n) is 12.8. The zero-order chi connectivity index (χ0) is 27.3. The maximum atomic E-state index is 11.2. The topological polar surface area (TPSA) is 54.0 Å². The van der Waals surface area contributed by atoms with Crippen LogP contribution in [0.15, 0.2) is 122 Å². The van der Waals surface area contributed by atoms with Gasteiger partial charge in [-0.25, -0.2) is 4.79 Å². The number of esters is 1. The lowest BCUT2D eigenvalue weighted by Crippen LogP contribution is -2.10. The highest BCUT2D eigenvalue weighted by Crippen LogP contribution is 2.38. The molecule has 4 aromatic rings. The van der Waals surface area contributed by atoms with Crippen LogP contribution in [0.5, 0.6) is 11.5 Å². The van der Waals surface area contributed by atoms with Gasteiger partial charge in [0.2, 0.25) is 0 Å². The molecule has 0 fully saturated rings. The van der Waals surface area contributed by atoms with E-state index in [1.807, 2.05) is 42.5 Å². The third-order valence-corrected chi connectivity index (χ3v) is 5.97. The van der Waals surface area contributed by atoms with Crippen molar-refractivity contribution in [2.75, 3.05) is 33.0 Å². The van der Waals surface area contributed by atoms with Crippen LogP contribution in [0.3, 0.4) is 0 Å². The summed E-state index contributed by atoms with van der Waals surface area (Å²) in [5.74, 6) is 1.06. The molecule has 0 heterocycles. The summed E-state index contributed by atoms with van der Waals surface area (Å²) in [5, 5.41) is 0. The molecule has 0 amide bonds. The van der Waals surface area contributed by atoms with E-state index in [9.17, 15) is 4.79 Å². The van der Waals surface area contributed by atoms with Crippen molar-refractivity contribution in [3.63, 3.8) is 0 Å². The van der Waals surface area contributed by atoms with Gasteiger partial charge in [0.1, 0.15) is 31.3 Å². The van der Waals surface area contributed by atoms with Crippen LogP contribution in [0.2, 0.25) is 0 Å². The van der Waals surface area contributed by atoms with Crippen LogP contribution >= 0.6 is 0 Å². The van der Waals surface area contributed by atoms with Crippen LogP contribution in [0, 0.1) is 0 Å². The van der Waals surface area contributed by atoms with Crippen molar-refractivity contribution in [3.05, 3.63) is 122 Å². The largest absolute Gasteiger partial charge is 0.491 e. The Hall–Kier alpha value is -4.61. The Labute approximate surface area is 229 Å². The second-order valence-corrected chi connectivity index (χ2v) is 8.57. The van der Waals surface area contributed by atoms with Crippen molar-refractivity contribution in [1.82, 2.24) is 0 Å². The number of hydrogen-bond acceptors (Lipinski definition) is 5. The number of ether oxygens (including phenoxy) is 4. The highest BCUT2D eigenvalue weighted by molar-refractivity contribution is 5.91. The number of rotatable bonds is 14. The summed E-state index contributed by atoms with van der Waals surface area (Å²) in [5.41, 5.74) is 6.72. The fourth-order valence-corrected chi connectivity index (χ4v) is 4.15. The van der Waals surface area contributed by atoms with E-state index in [0.717, 1.165) is 45.2 Å². The van der Waals surface area contributed by atoms with E-state index in [1.165, 1.54) is 0 Å². The fraction of sp³-hybridized carbons (Fsp3) is 0.147. The molecule has 0 atom stereocenters. The average Bonchev–Trinajstić information content (AvgIpc) is 3.00. The minimum Gasteiger partial charge on any atom is -0.491 e. The van der Waals surface area contributed by atoms with Crippen LogP contribution in [-0.4, -0.2) is 39.0 Å². The van der Waals surface area contributed by atoms with Crippen LogP contribution in [0.25, 0.3) is 33.4 Å². The van der Waals surface area contributed by atoms with Crippen molar-refractivity contribution in [2.24, 2.45) is 0 Å². The monoisotopic (exact) mass is 520 g/mol. The minimum atomic E-state index is -0.458. The second kappa shape index (κ2) is 14.4. The Morgan fingerprint density at radius 2 is 1.05 bits per heavy atom. The molecule has 39 heavy (non-hydrogen) atoms. The van der Waals surface area contributed by atoms with Gasteiger partial charge < -0.3 is 18.9 Å². The van der Waals surface area contributed by atoms with Gasteiger partial charge in [0, 0.05) is 6.08 Å². The van der Waals surface area contributed by atoms with Gasteiger partial charge in [-0.3, -0.25) is 0 Å². The zero-order valence-electron chi connectivity index (χ0n) is 21.9. The van der Waals surface area contributed by atoms with Gasteiger partial charge in [0.25, 0.3) is 0 Å². The molecular weight excluding hydrogens is 488 g/mol. The van der Waals surface area contributed by atoms with Gasteiger partial charge in [-0.2, -0.15) is 0 Å². The van der Waals surface area contributed by atoms with E-state index in [1.54, 1.807) is 6.08 Å². The highest BCUT2D eigenvalue weighted by atomic mass is 16.6. The molecule has 0 bridgehead atoms. The molecule has 4 rings (SSSR count). The maximum absolute atomic E-state index is 11.2. The fourth-order valence-electron chi connectivity index (χ4n) is 4.15. The Bertz CT molecular complexity index is 1370. The first-order valence-corrected chi connectivity index (χ1v) is 12.8. The Morgan fingerprint density at radius 1 is 0.590 bits per heavy atom. The lowest BCUT2D eigenvalue weighted by molar-refractivity contribution is -0.138. The third kappa shape index (κ3) is 7.69. The van der Waals surface area contributed by atoms with Crippen molar-refractivity contribution in [3.8, 4) is 44.9 Å². The van der Waals surface area contributed by atoms with Crippen molar-refractivity contribution >= 4 is 5.97 Å². The van der Waals surface area contributed by atoms with Crippen molar-refractivity contribution in [1.29, 1.82) is 0 Å². The lowest BCUT2D eigenvalue weighted by Gasteiger charge is -2.15. The first-order chi connectivity index (χ1) is 19.2. The Balaban J connectivity index is 1.51. The number of hydrogen-bond donors (Lipinski definition) is 0. The van der Waals surface area contributed by atoms with E-state index in [4.69, 9.17) is 18.9 Å². The van der Waals surface area contributed by atoms with Gasteiger partial charge >= 0.3 is 5.97 Å². The summed E-state index contributed by atoms with van der Waals surface area (Å²) >= 11 is 0. The van der Waals surface area contributed by atoms with E-state index >= 15 is 0 Å². The van der Waals surface area contributed by atoms with Crippen molar-refractivity contribution < 1.29 is 23.7 Å². The minimum absolute atomic E-state index is 0.170. The summed E-state index contributed by atoms with van der Waals surface area (Å²) in [6.45, 7) is 9.00. The molecule has 0 saturated carbocycles. The molecule has 5 nitrogen and oxygen atoms in total. The molecule has 0 N–H and O–H groups in total. The number of carbonyl (C=O) groups is 1. The summed E-state index contributed by atoms with van der Waals surface area (Å²) in [6.07, 6.45) is 2.86. The van der Waals surface area contributed by atoms with Gasteiger partial charge in [-0.05, 0) is 57.6 Å². The van der Waals surface area contributed by atoms with Gasteiger partial charge in [-0.15, -0.1) is 6.58 Å². The summed E-state index contributed by atoms with van der Waals surface area (Å²) in [7, 11) is 0. The number of carbonyl (C=O) groups excluding carboxylic acids is 1. The van der Waals surface area contributed by atoms with E-state index in [-0.39, 0.29) is 13.2 Å². The second-order valence-electron chi connectivity index (χ2n) is 8.57. The molecule has 0 aliphatic heterocycles. The molecule has 0 saturated heterocycles. The average molecular weight is 521 g/mol. The predicted octanol–water partition coefficient (Wildman–Crippen LogP) is 7.38. The van der Waals surface area contributed by atoms with Crippen molar-refractivity contribution in [2.45, 2.75) is 0 Å². The van der Waals surface area contributed by atoms with E-state index in [2.05, 4.69) is 67.8 Å². The quantitative estimate of drug-likeness (QED) is 0.0752. The van der Waals surface area contributed by atoms with E-state index < -0.39 is 5.97 Å². The molecule has 0 aromatic heterocycles. The molecular formula is C34H32O5. The molecule has 4 aromatic carbocycles. The van der Waals surface area contributed by atoms with E-state index in [0.29, 0.717) is 25.6 Å². The SMILES string of the molecule is C=CCOCCOc1ccc(-c2ccccc2-c2ccccc2-c2ccc(OCCOC(=O)C=C)cc2)cc1. The van der Waals surface area contributed by atoms with Crippen LogP contribution in [0.4, 0.5) is 0 Å². The summed E-state index contributed by atoms with van der Waals surface area (Å²) in [4.78, 5) is 11.2. The summed E-state index contributed by atoms with van der Waals surface area (Å²) in [6, 6.07) is 32.9. The third-order valence-electron chi connectivity index (χ3n) is 5.97. The number of benzene rings is 4. The molecule has 0 spiro atoms. The molecule has 0 radical (unpaired) electrons. The summed E-state index contributed by atoms with van der Waals surface area (Å²) < 4.78 is 21.8. The molecule has 5 heteroatoms. The molecule has 0 aliphatic carbocycles. The Kier molecular flexibility index (Phi) is 10.1. The van der Waals surface area contributed by atoms with Crippen LogP contribution in [-0.2, 0) is 14.3 Å². The van der Waals surface area contributed by atoms with Gasteiger partial charge in [0.05, 0.1) is 13.2 Å². The van der Waals surface area contributed by atoms with Crippen LogP contribution in [0.1, 0.15) is 0 Å². The first kappa shape index (κ1) is 27.4. The zero-order valence-corrected chi connectivity index (χ0v) is 21.9. The predicted molar refractivity (Wildman–Crippen MR) is 156 cm³/mol. The Morgan fingerprint density at radius 3 is 1.51 bits per heavy atom. The molecule has 0 unspecified atom stereocenters. The lowest BCUT2D eigenvalue weighted by atomic mass is 9.89. The smallest absolute Gasteiger partial charge is 0.330 e. The maximum Gasteiger partial charge on any atom is 0.330 e. The van der Waals surface area contributed by atoms with Crippen LogP contribution < -0.4 is 9.47 Å². The molecule has 0 aliphatic rings. The van der Waals surface area contributed by atoms with Gasteiger partial charge in [-0.1, -0.05) is 85.5 Å². The standard InChI is InChI=1S/C34H32O5/c1-3-21-36-22-23-37-28-17-13-26(14-18-28)30-9-5-7-11-32(30)33-12-8-6-10-31(33)27-15-19-29(20-16-27)38-24-25-39-34(35)4-2/h3-20H,1-2,21-25H2.